The third-order valence-corrected chi connectivity index (χ3v) is 6.05. The molecule has 2 heterocycles. The molecule has 0 aliphatic carbocycles. The first-order valence-electron chi connectivity index (χ1n) is 10.4. The summed E-state index contributed by atoms with van der Waals surface area (Å²) in [5.41, 5.74) is 3.01. The highest BCUT2D eigenvalue weighted by Gasteiger charge is 2.32. The Morgan fingerprint density at radius 1 is 0.971 bits per heavy atom. The molecule has 0 spiro atoms. The number of hydrogen-bond acceptors (Lipinski definition) is 5. The molecule has 1 aliphatic heterocycles. The van der Waals surface area contributed by atoms with E-state index >= 15 is 0 Å². The number of carbonyl (C=O) groups is 2. The van der Waals surface area contributed by atoms with Crippen LogP contribution in [0.25, 0.3) is 6.08 Å². The zero-order valence-electron chi connectivity index (χ0n) is 17.7. The first kappa shape index (κ1) is 21.8. The molecular formula is C26H17ClN4O2S. The van der Waals surface area contributed by atoms with E-state index in [1.165, 1.54) is 11.3 Å². The first-order valence-corrected chi connectivity index (χ1v) is 11.6. The van der Waals surface area contributed by atoms with E-state index in [1.54, 1.807) is 59.0 Å². The number of carbonyl (C=O) groups excluding carboxylic acids is 2. The van der Waals surface area contributed by atoms with Crippen molar-refractivity contribution in [3.05, 3.63) is 118 Å². The van der Waals surface area contributed by atoms with Gasteiger partial charge in [0.2, 0.25) is 0 Å². The van der Waals surface area contributed by atoms with Gasteiger partial charge in [-0.15, -0.1) is 11.3 Å². The molecule has 1 aliphatic rings. The third-order valence-electron chi connectivity index (χ3n) is 5.11. The number of anilines is 2. The Kier molecular flexibility index (Phi) is 6.03. The van der Waals surface area contributed by atoms with Crippen molar-refractivity contribution in [3.8, 4) is 0 Å². The molecule has 1 N–H and O–H groups in total. The third kappa shape index (κ3) is 4.52. The van der Waals surface area contributed by atoms with E-state index < -0.39 is 0 Å². The lowest BCUT2D eigenvalue weighted by Crippen LogP contribution is -2.32. The zero-order valence-corrected chi connectivity index (χ0v) is 19.3. The number of aliphatic imine (C=N–C) groups is 1. The lowest BCUT2D eigenvalue weighted by atomic mass is 10.1. The number of aromatic nitrogens is 1. The molecule has 166 valence electrons. The average Bonchev–Trinajstić information content (AvgIpc) is 3.49. The van der Waals surface area contributed by atoms with Gasteiger partial charge in [-0.25, -0.2) is 9.98 Å². The molecule has 0 saturated heterocycles. The van der Waals surface area contributed by atoms with Gasteiger partial charge in [-0.2, -0.15) is 0 Å². The van der Waals surface area contributed by atoms with Crippen molar-refractivity contribution in [3.63, 3.8) is 0 Å². The van der Waals surface area contributed by atoms with Crippen molar-refractivity contribution in [2.45, 2.75) is 0 Å². The highest BCUT2D eigenvalue weighted by atomic mass is 35.5. The standard InChI is InChI=1S/C26H17ClN4O2S/c27-20-10-6-17(7-11-20)16-22-25(33)31(23(29-22)18-4-2-1-3-5-18)21-12-8-19(9-13-21)24(32)30-26-28-14-15-34-26/h1-16H,(H,28,30,32)/b22-16+. The second-order valence-electron chi connectivity index (χ2n) is 7.36. The number of amides is 2. The van der Waals surface area contributed by atoms with Gasteiger partial charge in [0, 0.05) is 27.7 Å². The molecular weight excluding hydrogens is 468 g/mol. The molecule has 1 aromatic heterocycles. The van der Waals surface area contributed by atoms with Crippen molar-refractivity contribution in [2.24, 2.45) is 4.99 Å². The van der Waals surface area contributed by atoms with Crippen LogP contribution in [-0.4, -0.2) is 22.6 Å². The topological polar surface area (TPSA) is 74.7 Å². The Morgan fingerprint density at radius 3 is 2.38 bits per heavy atom. The Bertz CT molecular complexity index is 1400. The van der Waals surface area contributed by atoms with Crippen LogP contribution in [0.15, 0.2) is 101 Å². The van der Waals surface area contributed by atoms with Crippen molar-refractivity contribution >= 4 is 57.5 Å². The predicted molar refractivity (Wildman–Crippen MR) is 136 cm³/mol. The van der Waals surface area contributed by atoms with Crippen LogP contribution in [0.4, 0.5) is 10.8 Å². The quantitative estimate of drug-likeness (QED) is 0.359. The summed E-state index contributed by atoms with van der Waals surface area (Å²) in [5, 5.41) is 5.69. The Labute approximate surface area is 204 Å². The maximum atomic E-state index is 13.4. The Balaban J connectivity index is 1.47. The monoisotopic (exact) mass is 484 g/mol. The average molecular weight is 485 g/mol. The van der Waals surface area contributed by atoms with Gasteiger partial charge >= 0.3 is 0 Å². The lowest BCUT2D eigenvalue weighted by Gasteiger charge is -2.19. The minimum Gasteiger partial charge on any atom is -0.298 e. The summed E-state index contributed by atoms with van der Waals surface area (Å²) in [6.45, 7) is 0. The van der Waals surface area contributed by atoms with Crippen LogP contribution in [0.2, 0.25) is 5.02 Å². The van der Waals surface area contributed by atoms with E-state index in [1.807, 2.05) is 42.5 Å². The van der Waals surface area contributed by atoms with E-state index in [0.717, 1.165) is 11.1 Å². The van der Waals surface area contributed by atoms with E-state index in [-0.39, 0.29) is 11.8 Å². The summed E-state index contributed by atoms with van der Waals surface area (Å²) in [7, 11) is 0. The minimum atomic E-state index is -0.269. The highest BCUT2D eigenvalue weighted by molar-refractivity contribution is 7.13. The molecule has 0 unspecified atom stereocenters. The number of hydrogen-bond donors (Lipinski definition) is 1. The van der Waals surface area contributed by atoms with Gasteiger partial charge in [0.05, 0.1) is 5.69 Å². The molecule has 0 radical (unpaired) electrons. The molecule has 8 heteroatoms. The molecule has 0 fully saturated rings. The molecule has 34 heavy (non-hydrogen) atoms. The number of benzene rings is 3. The van der Waals surface area contributed by atoms with E-state index in [2.05, 4.69) is 15.3 Å². The zero-order chi connectivity index (χ0) is 23.5. The molecule has 4 aromatic rings. The number of thiazole rings is 1. The van der Waals surface area contributed by atoms with E-state index in [0.29, 0.717) is 32.9 Å². The van der Waals surface area contributed by atoms with Gasteiger partial charge in [-0.1, -0.05) is 54.1 Å². The maximum absolute atomic E-state index is 13.4. The van der Waals surface area contributed by atoms with E-state index in [9.17, 15) is 9.59 Å². The molecule has 3 aromatic carbocycles. The van der Waals surface area contributed by atoms with Crippen LogP contribution in [-0.2, 0) is 4.79 Å². The normalized spacial score (nSPS) is 14.4. The summed E-state index contributed by atoms with van der Waals surface area (Å²) in [5.74, 6) is -0.00545. The number of halogens is 1. The van der Waals surface area contributed by atoms with Crippen LogP contribution in [0, 0.1) is 0 Å². The van der Waals surface area contributed by atoms with Crippen LogP contribution in [0.3, 0.4) is 0 Å². The largest absolute Gasteiger partial charge is 0.298 e. The number of amidine groups is 1. The van der Waals surface area contributed by atoms with Gasteiger partial charge in [-0.3, -0.25) is 19.8 Å². The second-order valence-corrected chi connectivity index (χ2v) is 8.69. The second kappa shape index (κ2) is 9.43. The minimum absolute atomic E-state index is 0.256. The summed E-state index contributed by atoms with van der Waals surface area (Å²) in [6.07, 6.45) is 3.36. The molecule has 5 rings (SSSR count). The van der Waals surface area contributed by atoms with Crippen molar-refractivity contribution in [1.82, 2.24) is 4.98 Å². The molecule has 0 atom stereocenters. The van der Waals surface area contributed by atoms with Crippen molar-refractivity contribution in [2.75, 3.05) is 10.2 Å². The van der Waals surface area contributed by atoms with Gasteiger partial charge in [0.1, 0.15) is 11.5 Å². The fourth-order valence-electron chi connectivity index (χ4n) is 3.47. The Morgan fingerprint density at radius 2 is 1.71 bits per heavy atom. The van der Waals surface area contributed by atoms with Gasteiger partial charge in [0.15, 0.2) is 5.13 Å². The van der Waals surface area contributed by atoms with E-state index in [4.69, 9.17) is 11.6 Å². The summed E-state index contributed by atoms with van der Waals surface area (Å²) >= 11 is 7.33. The van der Waals surface area contributed by atoms with Crippen LogP contribution >= 0.6 is 22.9 Å². The summed E-state index contributed by atoms with van der Waals surface area (Å²) in [6, 6.07) is 23.5. The van der Waals surface area contributed by atoms with Crippen LogP contribution < -0.4 is 10.2 Å². The predicted octanol–water partition coefficient (Wildman–Crippen LogP) is 5.88. The van der Waals surface area contributed by atoms with Crippen LogP contribution in [0.5, 0.6) is 0 Å². The maximum Gasteiger partial charge on any atom is 0.282 e. The fraction of sp³-hybridized carbons (Fsp3) is 0. The van der Waals surface area contributed by atoms with Crippen molar-refractivity contribution < 1.29 is 9.59 Å². The smallest absolute Gasteiger partial charge is 0.282 e. The SMILES string of the molecule is O=C(Nc1nccs1)c1ccc(N2C(=O)/C(=C\c3ccc(Cl)cc3)N=C2c2ccccc2)cc1. The molecule has 6 nitrogen and oxygen atoms in total. The van der Waals surface area contributed by atoms with Gasteiger partial charge in [0.25, 0.3) is 11.8 Å². The first-order chi connectivity index (χ1) is 16.6. The molecule has 0 saturated carbocycles. The van der Waals surface area contributed by atoms with Crippen molar-refractivity contribution in [1.29, 1.82) is 0 Å². The molecule has 2 amide bonds. The number of nitrogens with zero attached hydrogens (tertiary/aromatic N) is 3. The highest BCUT2D eigenvalue weighted by Crippen LogP contribution is 2.28. The lowest BCUT2D eigenvalue weighted by molar-refractivity contribution is -0.113. The van der Waals surface area contributed by atoms with Gasteiger partial charge in [-0.05, 0) is 48.0 Å². The number of rotatable bonds is 5. The van der Waals surface area contributed by atoms with Gasteiger partial charge < -0.3 is 0 Å². The fourth-order valence-corrected chi connectivity index (χ4v) is 4.12. The Hall–Kier alpha value is -4.07. The number of nitrogens with one attached hydrogen (secondary N) is 1. The summed E-state index contributed by atoms with van der Waals surface area (Å²) in [4.78, 5) is 36.2. The molecule has 0 bridgehead atoms. The summed E-state index contributed by atoms with van der Waals surface area (Å²) < 4.78 is 0. The van der Waals surface area contributed by atoms with Crippen LogP contribution in [0.1, 0.15) is 21.5 Å².